The number of aryl methyl sites for hydroxylation is 1. The van der Waals surface area contributed by atoms with E-state index in [0.29, 0.717) is 5.92 Å². The van der Waals surface area contributed by atoms with Gasteiger partial charge in [0.15, 0.2) is 0 Å². The topological polar surface area (TPSA) is 38.9 Å². The summed E-state index contributed by atoms with van der Waals surface area (Å²) in [6, 6.07) is 6.06. The molecule has 2 rings (SSSR count). The summed E-state index contributed by atoms with van der Waals surface area (Å²) in [5, 5.41) is 1.02. The standard InChI is InChI=1S/C13H15BrN2/c1-7(2)12-6-11(15)10-5-9(14)4-8(3)13(10)16-12/h4-7H,1-3H3,(H2,15,16). The van der Waals surface area contributed by atoms with Crippen molar-refractivity contribution in [2.75, 3.05) is 5.73 Å². The molecule has 2 nitrogen and oxygen atoms in total. The molecule has 0 saturated carbocycles. The predicted molar refractivity (Wildman–Crippen MR) is 72.7 cm³/mol. The van der Waals surface area contributed by atoms with Crippen molar-refractivity contribution in [3.63, 3.8) is 0 Å². The molecule has 0 aliphatic rings. The van der Waals surface area contributed by atoms with Crippen molar-refractivity contribution < 1.29 is 0 Å². The number of rotatable bonds is 1. The molecule has 16 heavy (non-hydrogen) atoms. The van der Waals surface area contributed by atoms with Gasteiger partial charge in [-0.25, -0.2) is 0 Å². The molecule has 0 radical (unpaired) electrons. The third kappa shape index (κ3) is 1.92. The smallest absolute Gasteiger partial charge is 0.0756 e. The van der Waals surface area contributed by atoms with E-state index in [4.69, 9.17) is 5.73 Å². The lowest BCUT2D eigenvalue weighted by atomic mass is 10.0. The first kappa shape index (κ1) is 11.4. The summed E-state index contributed by atoms with van der Waals surface area (Å²) >= 11 is 3.48. The quantitative estimate of drug-likeness (QED) is 0.856. The summed E-state index contributed by atoms with van der Waals surface area (Å²) in [5.74, 6) is 0.398. The highest BCUT2D eigenvalue weighted by atomic mass is 79.9. The normalized spacial score (nSPS) is 11.3. The minimum Gasteiger partial charge on any atom is -0.398 e. The number of anilines is 1. The van der Waals surface area contributed by atoms with E-state index in [0.717, 1.165) is 32.3 Å². The Morgan fingerprint density at radius 2 is 1.94 bits per heavy atom. The van der Waals surface area contributed by atoms with Crippen molar-refractivity contribution >= 4 is 32.5 Å². The largest absolute Gasteiger partial charge is 0.398 e. The molecule has 2 N–H and O–H groups in total. The number of nitrogens with two attached hydrogens (primary N) is 1. The lowest BCUT2D eigenvalue weighted by Gasteiger charge is -2.11. The molecule has 0 aliphatic heterocycles. The maximum absolute atomic E-state index is 6.07. The SMILES string of the molecule is Cc1cc(Br)cc2c(N)cc(C(C)C)nc12. The Morgan fingerprint density at radius 1 is 1.25 bits per heavy atom. The van der Waals surface area contributed by atoms with Crippen molar-refractivity contribution in [2.24, 2.45) is 0 Å². The average Bonchev–Trinajstić information content (AvgIpc) is 2.19. The second-order valence-electron chi connectivity index (χ2n) is 4.41. The van der Waals surface area contributed by atoms with Crippen molar-refractivity contribution in [1.82, 2.24) is 4.98 Å². The van der Waals surface area contributed by atoms with Crippen LogP contribution in [0.2, 0.25) is 0 Å². The first-order chi connectivity index (χ1) is 7.49. The fourth-order valence-corrected chi connectivity index (χ4v) is 2.37. The molecule has 3 heteroatoms. The van der Waals surface area contributed by atoms with Crippen LogP contribution in [0.4, 0.5) is 5.69 Å². The van der Waals surface area contributed by atoms with Gasteiger partial charge in [-0.2, -0.15) is 0 Å². The Hall–Kier alpha value is -1.09. The summed E-state index contributed by atoms with van der Waals surface area (Å²) in [6.07, 6.45) is 0. The fraction of sp³-hybridized carbons (Fsp3) is 0.308. The number of aromatic nitrogens is 1. The van der Waals surface area contributed by atoms with Gasteiger partial charge in [0.05, 0.1) is 5.52 Å². The number of benzene rings is 1. The second-order valence-corrected chi connectivity index (χ2v) is 5.33. The van der Waals surface area contributed by atoms with Crippen LogP contribution in [0.5, 0.6) is 0 Å². The third-order valence-electron chi connectivity index (χ3n) is 2.71. The summed E-state index contributed by atoms with van der Waals surface area (Å²) in [5.41, 5.74) is 10.1. The van der Waals surface area contributed by atoms with Crippen LogP contribution in [-0.4, -0.2) is 4.98 Å². The molecule has 0 atom stereocenters. The van der Waals surface area contributed by atoms with E-state index >= 15 is 0 Å². The zero-order valence-electron chi connectivity index (χ0n) is 9.71. The highest BCUT2D eigenvalue weighted by molar-refractivity contribution is 9.10. The number of fused-ring (bicyclic) bond motifs is 1. The van der Waals surface area contributed by atoms with Gasteiger partial charge in [0.25, 0.3) is 0 Å². The zero-order valence-corrected chi connectivity index (χ0v) is 11.3. The van der Waals surface area contributed by atoms with Gasteiger partial charge < -0.3 is 5.73 Å². The molecule has 0 unspecified atom stereocenters. The first-order valence-corrected chi connectivity index (χ1v) is 6.14. The fourth-order valence-electron chi connectivity index (χ4n) is 1.80. The lowest BCUT2D eigenvalue weighted by molar-refractivity contribution is 0.830. The van der Waals surface area contributed by atoms with Crippen molar-refractivity contribution in [3.05, 3.63) is 33.9 Å². The number of pyridine rings is 1. The molecule has 1 heterocycles. The van der Waals surface area contributed by atoms with Crippen LogP contribution in [0.25, 0.3) is 10.9 Å². The molecule has 1 aromatic carbocycles. The van der Waals surface area contributed by atoms with E-state index in [9.17, 15) is 0 Å². The van der Waals surface area contributed by atoms with Gasteiger partial charge in [0, 0.05) is 21.2 Å². The van der Waals surface area contributed by atoms with Gasteiger partial charge in [-0.15, -0.1) is 0 Å². The minimum absolute atomic E-state index is 0.398. The van der Waals surface area contributed by atoms with Gasteiger partial charge in [-0.3, -0.25) is 4.98 Å². The number of halogens is 1. The first-order valence-electron chi connectivity index (χ1n) is 5.35. The van der Waals surface area contributed by atoms with Crippen molar-refractivity contribution in [1.29, 1.82) is 0 Å². The van der Waals surface area contributed by atoms with Gasteiger partial charge >= 0.3 is 0 Å². The van der Waals surface area contributed by atoms with Gasteiger partial charge in [-0.05, 0) is 36.6 Å². The highest BCUT2D eigenvalue weighted by Crippen LogP contribution is 2.29. The molecule has 1 aromatic heterocycles. The van der Waals surface area contributed by atoms with Gasteiger partial charge in [-0.1, -0.05) is 29.8 Å². The summed E-state index contributed by atoms with van der Waals surface area (Å²) in [4.78, 5) is 4.68. The molecular formula is C13H15BrN2. The summed E-state index contributed by atoms with van der Waals surface area (Å²) < 4.78 is 1.04. The molecular weight excluding hydrogens is 264 g/mol. The maximum atomic E-state index is 6.07. The van der Waals surface area contributed by atoms with Crippen LogP contribution in [0.3, 0.4) is 0 Å². The van der Waals surface area contributed by atoms with E-state index in [1.165, 1.54) is 0 Å². The van der Waals surface area contributed by atoms with E-state index in [1.54, 1.807) is 0 Å². The Labute approximate surface area is 104 Å². The molecule has 0 aliphatic carbocycles. The van der Waals surface area contributed by atoms with Gasteiger partial charge in [0.2, 0.25) is 0 Å². The zero-order chi connectivity index (χ0) is 11.9. The molecule has 2 aromatic rings. The summed E-state index contributed by atoms with van der Waals surface area (Å²) in [6.45, 7) is 6.31. The molecule has 0 bridgehead atoms. The van der Waals surface area contributed by atoms with Crippen molar-refractivity contribution in [2.45, 2.75) is 26.7 Å². The average molecular weight is 279 g/mol. The predicted octanol–water partition coefficient (Wildman–Crippen LogP) is 4.01. The van der Waals surface area contributed by atoms with E-state index in [1.807, 2.05) is 12.1 Å². The third-order valence-corrected chi connectivity index (χ3v) is 3.17. The molecule has 0 fully saturated rings. The molecule has 0 saturated heterocycles. The van der Waals surface area contributed by atoms with Crippen LogP contribution in [0, 0.1) is 6.92 Å². The number of hydrogen-bond donors (Lipinski definition) is 1. The lowest BCUT2D eigenvalue weighted by Crippen LogP contribution is -1.98. The number of hydrogen-bond acceptors (Lipinski definition) is 2. The van der Waals surface area contributed by atoms with E-state index in [2.05, 4.69) is 47.8 Å². The number of nitrogen functional groups attached to an aromatic ring is 1. The Kier molecular flexibility index (Phi) is 2.89. The summed E-state index contributed by atoms with van der Waals surface area (Å²) in [7, 11) is 0. The highest BCUT2D eigenvalue weighted by Gasteiger charge is 2.09. The Morgan fingerprint density at radius 3 is 2.56 bits per heavy atom. The van der Waals surface area contributed by atoms with Crippen LogP contribution in [0.1, 0.15) is 31.0 Å². The van der Waals surface area contributed by atoms with Crippen molar-refractivity contribution in [3.8, 4) is 0 Å². The monoisotopic (exact) mass is 278 g/mol. The van der Waals surface area contributed by atoms with E-state index in [-0.39, 0.29) is 0 Å². The number of nitrogens with zero attached hydrogens (tertiary/aromatic N) is 1. The van der Waals surface area contributed by atoms with Crippen LogP contribution >= 0.6 is 15.9 Å². The Bertz CT molecular complexity index is 547. The van der Waals surface area contributed by atoms with E-state index < -0.39 is 0 Å². The minimum atomic E-state index is 0.398. The van der Waals surface area contributed by atoms with Gasteiger partial charge in [0.1, 0.15) is 0 Å². The maximum Gasteiger partial charge on any atom is 0.0756 e. The van der Waals surface area contributed by atoms with Crippen LogP contribution in [0.15, 0.2) is 22.7 Å². The second kappa shape index (κ2) is 4.06. The molecule has 84 valence electrons. The van der Waals surface area contributed by atoms with Crippen LogP contribution in [-0.2, 0) is 0 Å². The van der Waals surface area contributed by atoms with Crippen LogP contribution < -0.4 is 5.73 Å². The molecule has 0 spiro atoms. The molecule has 0 amide bonds. The Balaban J connectivity index is 2.82.